The molecule has 0 spiro atoms. The minimum atomic E-state index is -0.0154. The number of carbonyl (C=O) groups is 1. The maximum Gasteiger partial charge on any atom is 0.195 e. The summed E-state index contributed by atoms with van der Waals surface area (Å²) in [7, 11) is 0. The highest BCUT2D eigenvalue weighted by molar-refractivity contribution is 6.12. The summed E-state index contributed by atoms with van der Waals surface area (Å²) in [6, 6.07) is 14.8. The van der Waals surface area contributed by atoms with Crippen LogP contribution in [-0.4, -0.2) is 5.78 Å². The zero-order valence-corrected chi connectivity index (χ0v) is 9.81. The third kappa shape index (κ3) is 2.36. The largest absolute Gasteiger partial charge is 0.398 e. The van der Waals surface area contributed by atoms with E-state index in [0.717, 1.165) is 12.0 Å². The number of para-hydroxylation sites is 1. The van der Waals surface area contributed by atoms with E-state index in [1.165, 1.54) is 0 Å². The molecule has 2 aromatic carbocycles. The molecule has 17 heavy (non-hydrogen) atoms. The van der Waals surface area contributed by atoms with Gasteiger partial charge in [-0.3, -0.25) is 4.79 Å². The molecule has 2 nitrogen and oxygen atoms in total. The quantitative estimate of drug-likeness (QED) is 0.644. The molecule has 0 aliphatic heterocycles. The van der Waals surface area contributed by atoms with Crippen LogP contribution in [-0.2, 0) is 6.42 Å². The van der Waals surface area contributed by atoms with Crippen molar-refractivity contribution in [2.75, 3.05) is 5.73 Å². The van der Waals surface area contributed by atoms with Crippen LogP contribution in [0.3, 0.4) is 0 Å². The SMILES string of the molecule is CCc1cccc(C(=O)c2ccccc2N)c1. The number of carbonyl (C=O) groups excluding carboxylic acids is 1. The Morgan fingerprint density at radius 1 is 1.12 bits per heavy atom. The second-order valence-corrected chi connectivity index (χ2v) is 3.97. The van der Waals surface area contributed by atoms with E-state index >= 15 is 0 Å². The van der Waals surface area contributed by atoms with E-state index < -0.39 is 0 Å². The highest BCUT2D eigenvalue weighted by Gasteiger charge is 2.11. The highest BCUT2D eigenvalue weighted by atomic mass is 16.1. The van der Waals surface area contributed by atoms with Gasteiger partial charge >= 0.3 is 0 Å². The molecule has 0 atom stereocenters. The molecule has 0 heterocycles. The summed E-state index contributed by atoms with van der Waals surface area (Å²) >= 11 is 0. The van der Waals surface area contributed by atoms with Crippen LogP contribution in [0.1, 0.15) is 28.4 Å². The minimum Gasteiger partial charge on any atom is -0.398 e. The van der Waals surface area contributed by atoms with Gasteiger partial charge in [0.25, 0.3) is 0 Å². The number of aryl methyl sites for hydroxylation is 1. The maximum atomic E-state index is 12.3. The third-order valence-electron chi connectivity index (χ3n) is 2.80. The van der Waals surface area contributed by atoms with Gasteiger partial charge in [-0.05, 0) is 30.2 Å². The van der Waals surface area contributed by atoms with Crippen molar-refractivity contribution in [1.82, 2.24) is 0 Å². The lowest BCUT2D eigenvalue weighted by atomic mass is 9.99. The smallest absolute Gasteiger partial charge is 0.195 e. The van der Waals surface area contributed by atoms with Crippen molar-refractivity contribution >= 4 is 11.5 Å². The van der Waals surface area contributed by atoms with Crippen LogP contribution < -0.4 is 5.73 Å². The molecule has 0 aliphatic carbocycles. The van der Waals surface area contributed by atoms with E-state index in [1.54, 1.807) is 12.1 Å². The second-order valence-electron chi connectivity index (χ2n) is 3.97. The van der Waals surface area contributed by atoms with Crippen molar-refractivity contribution in [3.05, 3.63) is 65.2 Å². The van der Waals surface area contributed by atoms with Crippen molar-refractivity contribution < 1.29 is 4.79 Å². The number of rotatable bonds is 3. The lowest BCUT2D eigenvalue weighted by molar-refractivity contribution is 0.103. The fourth-order valence-electron chi connectivity index (χ4n) is 1.79. The average molecular weight is 225 g/mol. The van der Waals surface area contributed by atoms with Gasteiger partial charge in [0.1, 0.15) is 0 Å². The van der Waals surface area contributed by atoms with E-state index in [9.17, 15) is 4.79 Å². The van der Waals surface area contributed by atoms with Crippen LogP contribution in [0.25, 0.3) is 0 Å². The van der Waals surface area contributed by atoms with E-state index in [0.29, 0.717) is 16.8 Å². The van der Waals surface area contributed by atoms with E-state index in [2.05, 4.69) is 6.92 Å². The molecule has 0 fully saturated rings. The van der Waals surface area contributed by atoms with Gasteiger partial charge in [-0.1, -0.05) is 37.3 Å². The highest BCUT2D eigenvalue weighted by Crippen LogP contribution is 2.17. The number of hydrogen-bond acceptors (Lipinski definition) is 2. The van der Waals surface area contributed by atoms with Gasteiger partial charge < -0.3 is 5.73 Å². The van der Waals surface area contributed by atoms with E-state index in [-0.39, 0.29) is 5.78 Å². The van der Waals surface area contributed by atoms with Crippen molar-refractivity contribution in [2.45, 2.75) is 13.3 Å². The van der Waals surface area contributed by atoms with Crippen molar-refractivity contribution in [2.24, 2.45) is 0 Å². The molecule has 2 aromatic rings. The molecule has 2 N–H and O–H groups in total. The van der Waals surface area contributed by atoms with Gasteiger partial charge in [-0.2, -0.15) is 0 Å². The molecule has 0 radical (unpaired) electrons. The van der Waals surface area contributed by atoms with E-state index in [4.69, 9.17) is 5.73 Å². The predicted octanol–water partition coefficient (Wildman–Crippen LogP) is 3.06. The number of hydrogen-bond donors (Lipinski definition) is 1. The molecule has 0 saturated heterocycles. The Morgan fingerprint density at radius 3 is 2.59 bits per heavy atom. The maximum absolute atomic E-state index is 12.3. The minimum absolute atomic E-state index is 0.0154. The van der Waals surface area contributed by atoms with Crippen LogP contribution in [0, 0.1) is 0 Å². The Hall–Kier alpha value is -2.09. The molecule has 0 amide bonds. The monoisotopic (exact) mass is 225 g/mol. The first-order valence-electron chi connectivity index (χ1n) is 5.70. The van der Waals surface area contributed by atoms with Gasteiger partial charge in [0.15, 0.2) is 5.78 Å². The number of ketones is 1. The Balaban J connectivity index is 2.40. The van der Waals surface area contributed by atoms with Crippen LogP contribution in [0.5, 0.6) is 0 Å². The zero-order chi connectivity index (χ0) is 12.3. The van der Waals surface area contributed by atoms with Gasteiger partial charge in [0, 0.05) is 16.8 Å². The third-order valence-corrected chi connectivity index (χ3v) is 2.80. The summed E-state index contributed by atoms with van der Waals surface area (Å²) in [5.74, 6) is -0.0154. The molecule has 2 heteroatoms. The van der Waals surface area contributed by atoms with Crippen LogP contribution in [0.15, 0.2) is 48.5 Å². The summed E-state index contributed by atoms with van der Waals surface area (Å²) in [5, 5.41) is 0. The summed E-state index contributed by atoms with van der Waals surface area (Å²) in [5.41, 5.74) is 8.76. The summed E-state index contributed by atoms with van der Waals surface area (Å²) < 4.78 is 0. The predicted molar refractivity (Wildman–Crippen MR) is 70.1 cm³/mol. The fourth-order valence-corrected chi connectivity index (χ4v) is 1.79. The van der Waals surface area contributed by atoms with Crippen molar-refractivity contribution in [3.8, 4) is 0 Å². The molecular formula is C15H15NO. The molecule has 0 aliphatic rings. The number of nitrogen functional groups attached to an aromatic ring is 1. The van der Waals surface area contributed by atoms with Crippen LogP contribution >= 0.6 is 0 Å². The molecule has 0 bridgehead atoms. The lowest BCUT2D eigenvalue weighted by Gasteiger charge is -2.05. The molecule has 86 valence electrons. The normalized spacial score (nSPS) is 10.2. The summed E-state index contributed by atoms with van der Waals surface area (Å²) in [6.45, 7) is 2.07. The fraction of sp³-hybridized carbons (Fsp3) is 0.133. The van der Waals surface area contributed by atoms with Crippen molar-refractivity contribution in [3.63, 3.8) is 0 Å². The average Bonchev–Trinajstić information content (AvgIpc) is 2.38. The Labute approximate surface area is 101 Å². The summed E-state index contributed by atoms with van der Waals surface area (Å²) in [4.78, 5) is 12.3. The Bertz CT molecular complexity index is 546. The second kappa shape index (κ2) is 4.83. The Kier molecular flexibility index (Phi) is 3.24. The van der Waals surface area contributed by atoms with Gasteiger partial charge in [-0.15, -0.1) is 0 Å². The van der Waals surface area contributed by atoms with Gasteiger partial charge in [0.05, 0.1) is 0 Å². The van der Waals surface area contributed by atoms with Gasteiger partial charge in [0.2, 0.25) is 0 Å². The topological polar surface area (TPSA) is 43.1 Å². The van der Waals surface area contributed by atoms with Crippen molar-refractivity contribution in [1.29, 1.82) is 0 Å². The number of benzene rings is 2. The molecular weight excluding hydrogens is 210 g/mol. The zero-order valence-electron chi connectivity index (χ0n) is 9.81. The first-order chi connectivity index (χ1) is 8.22. The van der Waals surface area contributed by atoms with Crippen LogP contribution in [0.2, 0.25) is 0 Å². The molecule has 2 rings (SSSR count). The first-order valence-corrected chi connectivity index (χ1v) is 5.70. The lowest BCUT2D eigenvalue weighted by Crippen LogP contribution is -2.05. The number of anilines is 1. The summed E-state index contributed by atoms with van der Waals surface area (Å²) in [6.07, 6.45) is 0.922. The van der Waals surface area contributed by atoms with Gasteiger partial charge in [-0.25, -0.2) is 0 Å². The van der Waals surface area contributed by atoms with E-state index in [1.807, 2.05) is 36.4 Å². The molecule has 0 saturated carbocycles. The van der Waals surface area contributed by atoms with Crippen LogP contribution in [0.4, 0.5) is 5.69 Å². The molecule has 0 unspecified atom stereocenters. The Morgan fingerprint density at radius 2 is 1.88 bits per heavy atom. The first kappa shape index (κ1) is 11.4. The number of nitrogens with two attached hydrogens (primary N) is 1. The standard InChI is InChI=1S/C15H15NO/c1-2-11-6-5-7-12(10-11)15(17)13-8-3-4-9-14(13)16/h3-10H,2,16H2,1H3. The molecule has 0 aromatic heterocycles.